The van der Waals surface area contributed by atoms with E-state index in [1.807, 2.05) is 60.9 Å². The molecule has 2 heterocycles. The van der Waals surface area contributed by atoms with Crippen LogP contribution >= 0.6 is 11.8 Å². The van der Waals surface area contributed by atoms with Crippen LogP contribution in [0.1, 0.15) is 12.0 Å². The normalized spacial score (nSPS) is 11.0. The highest BCUT2D eigenvalue weighted by atomic mass is 32.2. The summed E-state index contributed by atoms with van der Waals surface area (Å²) in [5.74, 6) is -0.0887. The minimum atomic E-state index is -0.160. The molecule has 0 radical (unpaired) electrons. The Morgan fingerprint density at radius 1 is 1.07 bits per heavy atom. The molecule has 6 nitrogen and oxygen atoms in total. The Balaban J connectivity index is 1.40. The summed E-state index contributed by atoms with van der Waals surface area (Å²) >= 11 is 1.68. The van der Waals surface area contributed by atoms with E-state index in [9.17, 15) is 9.59 Å². The summed E-state index contributed by atoms with van der Waals surface area (Å²) in [6.45, 7) is 0.795. The van der Waals surface area contributed by atoms with E-state index in [2.05, 4.69) is 10.4 Å². The molecule has 4 rings (SSSR count). The molecule has 0 aliphatic heterocycles. The van der Waals surface area contributed by atoms with Gasteiger partial charge in [-0.3, -0.25) is 9.59 Å². The van der Waals surface area contributed by atoms with Crippen molar-refractivity contribution in [2.45, 2.75) is 24.4 Å². The van der Waals surface area contributed by atoms with E-state index in [0.29, 0.717) is 18.6 Å². The predicted octanol–water partition coefficient (Wildman–Crippen LogP) is 3.59. The second-order valence-electron chi connectivity index (χ2n) is 6.90. The van der Waals surface area contributed by atoms with E-state index in [0.717, 1.165) is 16.8 Å². The first-order valence-corrected chi connectivity index (χ1v) is 10.9. The van der Waals surface area contributed by atoms with Crippen molar-refractivity contribution in [2.75, 3.05) is 6.26 Å². The maximum Gasteiger partial charge on any atom is 0.276 e. The fraction of sp³-hybridized carbons (Fsp3) is 0.174. The minimum Gasteiger partial charge on any atom is -0.352 e. The third-order valence-corrected chi connectivity index (χ3v) is 5.65. The molecule has 0 saturated heterocycles. The highest BCUT2D eigenvalue weighted by Gasteiger charge is 2.10. The Bertz CT molecular complexity index is 1210. The number of carbonyl (C=O) groups excluding carboxylic acids is 1. The average Bonchev–Trinajstić information content (AvgIpc) is 3.23. The smallest absolute Gasteiger partial charge is 0.276 e. The number of carbonyl (C=O) groups is 1. The monoisotopic (exact) mass is 418 g/mol. The van der Waals surface area contributed by atoms with Gasteiger partial charge in [0, 0.05) is 42.4 Å². The molecule has 0 aliphatic rings. The molecule has 152 valence electrons. The van der Waals surface area contributed by atoms with E-state index in [1.54, 1.807) is 39.3 Å². The number of fused-ring (bicyclic) bond motifs is 1. The van der Waals surface area contributed by atoms with Gasteiger partial charge in [0.1, 0.15) is 5.52 Å². The molecule has 2 aromatic carbocycles. The summed E-state index contributed by atoms with van der Waals surface area (Å²) in [6, 6.07) is 19.6. The largest absolute Gasteiger partial charge is 0.352 e. The summed E-state index contributed by atoms with van der Waals surface area (Å²) < 4.78 is 3.14. The number of hydrogen-bond donors (Lipinski definition) is 1. The number of aromatic nitrogens is 3. The number of aryl methyl sites for hydroxylation is 1. The molecular formula is C23H22N4O2S. The predicted molar refractivity (Wildman–Crippen MR) is 120 cm³/mol. The third-order valence-electron chi connectivity index (χ3n) is 4.90. The van der Waals surface area contributed by atoms with Crippen LogP contribution in [0.3, 0.4) is 0 Å². The van der Waals surface area contributed by atoms with E-state index < -0.39 is 0 Å². The lowest BCUT2D eigenvalue weighted by Gasteiger charge is -2.08. The van der Waals surface area contributed by atoms with Crippen LogP contribution in [0.4, 0.5) is 0 Å². The van der Waals surface area contributed by atoms with Gasteiger partial charge in [-0.2, -0.15) is 5.10 Å². The first-order chi connectivity index (χ1) is 14.6. The lowest BCUT2D eigenvalue weighted by atomic mass is 10.1. The molecule has 4 aromatic rings. The Morgan fingerprint density at radius 2 is 1.83 bits per heavy atom. The molecule has 7 heteroatoms. The van der Waals surface area contributed by atoms with Crippen LogP contribution in [-0.2, 0) is 17.9 Å². The summed E-state index contributed by atoms with van der Waals surface area (Å²) in [4.78, 5) is 26.2. The number of hydrogen-bond acceptors (Lipinski definition) is 4. The number of nitrogens with zero attached hydrogens (tertiary/aromatic N) is 3. The number of amides is 1. The number of rotatable bonds is 7. The van der Waals surface area contributed by atoms with Gasteiger partial charge in [-0.05, 0) is 30.0 Å². The third kappa shape index (κ3) is 4.46. The molecule has 0 saturated carbocycles. The van der Waals surface area contributed by atoms with Crippen molar-refractivity contribution in [3.63, 3.8) is 0 Å². The van der Waals surface area contributed by atoms with E-state index in [-0.39, 0.29) is 17.9 Å². The van der Waals surface area contributed by atoms with E-state index >= 15 is 0 Å². The molecule has 1 N–H and O–H groups in total. The maximum atomic E-state index is 12.8. The topological polar surface area (TPSA) is 68.4 Å². The van der Waals surface area contributed by atoms with Crippen LogP contribution in [-0.4, -0.2) is 26.3 Å². The van der Waals surface area contributed by atoms with Crippen molar-refractivity contribution in [2.24, 2.45) is 0 Å². The summed E-state index contributed by atoms with van der Waals surface area (Å²) in [7, 11) is 0. The molecule has 0 bridgehead atoms. The fourth-order valence-corrected chi connectivity index (χ4v) is 3.61. The highest BCUT2D eigenvalue weighted by Crippen LogP contribution is 2.17. The molecule has 2 aromatic heterocycles. The SMILES string of the molecule is CSc1ccc(CNC(=O)CCn2ccn3nc(-c4ccccc4)cc3c2=O)cc1. The van der Waals surface area contributed by atoms with Crippen molar-refractivity contribution in [1.82, 2.24) is 19.5 Å². The van der Waals surface area contributed by atoms with Crippen LogP contribution in [0.25, 0.3) is 16.8 Å². The molecule has 0 spiro atoms. The van der Waals surface area contributed by atoms with Gasteiger partial charge in [-0.25, -0.2) is 4.52 Å². The Hall–Kier alpha value is -3.32. The standard InChI is InChI=1S/C23H22N4O2S/c1-30-19-9-7-17(8-10-19)16-24-22(28)11-12-26-13-14-27-21(23(26)29)15-20(25-27)18-5-3-2-4-6-18/h2-10,13-15H,11-12,16H2,1H3,(H,24,28). The molecule has 0 fully saturated rings. The van der Waals surface area contributed by atoms with E-state index in [1.165, 1.54) is 4.90 Å². The lowest BCUT2D eigenvalue weighted by molar-refractivity contribution is -0.121. The van der Waals surface area contributed by atoms with Crippen molar-refractivity contribution >= 4 is 23.2 Å². The quantitative estimate of drug-likeness (QED) is 0.466. The fourth-order valence-electron chi connectivity index (χ4n) is 3.21. The van der Waals surface area contributed by atoms with Gasteiger partial charge in [0.2, 0.25) is 5.91 Å². The van der Waals surface area contributed by atoms with Gasteiger partial charge in [0.15, 0.2) is 0 Å². The zero-order valence-corrected chi connectivity index (χ0v) is 17.4. The summed E-state index contributed by atoms with van der Waals surface area (Å²) in [5.41, 5.74) is 3.08. The molecule has 0 aliphatic carbocycles. The van der Waals surface area contributed by atoms with Crippen LogP contribution in [0.5, 0.6) is 0 Å². The van der Waals surface area contributed by atoms with Crippen LogP contribution in [0, 0.1) is 0 Å². The first-order valence-electron chi connectivity index (χ1n) is 9.68. The van der Waals surface area contributed by atoms with Gasteiger partial charge >= 0.3 is 0 Å². The zero-order chi connectivity index (χ0) is 20.9. The van der Waals surface area contributed by atoms with Gasteiger partial charge in [0.05, 0.1) is 5.69 Å². The second-order valence-corrected chi connectivity index (χ2v) is 7.78. The van der Waals surface area contributed by atoms with Crippen molar-refractivity contribution < 1.29 is 4.79 Å². The van der Waals surface area contributed by atoms with Crippen LogP contribution in [0.15, 0.2) is 82.7 Å². The Morgan fingerprint density at radius 3 is 2.57 bits per heavy atom. The Labute approximate surface area is 178 Å². The molecule has 1 amide bonds. The number of nitrogens with one attached hydrogen (secondary N) is 1. The van der Waals surface area contributed by atoms with Crippen molar-refractivity contribution in [3.8, 4) is 11.3 Å². The van der Waals surface area contributed by atoms with Gasteiger partial charge in [-0.1, -0.05) is 42.5 Å². The molecule has 30 heavy (non-hydrogen) atoms. The van der Waals surface area contributed by atoms with Gasteiger partial charge in [-0.15, -0.1) is 11.8 Å². The minimum absolute atomic E-state index is 0.0887. The summed E-state index contributed by atoms with van der Waals surface area (Å²) in [5, 5.41) is 7.39. The molecule has 0 unspecified atom stereocenters. The van der Waals surface area contributed by atoms with Gasteiger partial charge < -0.3 is 9.88 Å². The van der Waals surface area contributed by atoms with E-state index in [4.69, 9.17) is 0 Å². The van der Waals surface area contributed by atoms with Crippen molar-refractivity contribution in [3.05, 3.63) is 89.0 Å². The highest BCUT2D eigenvalue weighted by molar-refractivity contribution is 7.98. The zero-order valence-electron chi connectivity index (χ0n) is 16.6. The molecule has 0 atom stereocenters. The Kier molecular flexibility index (Phi) is 5.99. The number of thioether (sulfide) groups is 1. The second kappa shape index (κ2) is 9.00. The number of benzene rings is 2. The van der Waals surface area contributed by atoms with Crippen molar-refractivity contribution in [1.29, 1.82) is 0 Å². The van der Waals surface area contributed by atoms with Crippen LogP contribution < -0.4 is 10.9 Å². The summed E-state index contributed by atoms with van der Waals surface area (Å²) in [6.07, 6.45) is 5.68. The average molecular weight is 419 g/mol. The first kappa shape index (κ1) is 20.0. The van der Waals surface area contributed by atoms with Crippen LogP contribution in [0.2, 0.25) is 0 Å². The molecular weight excluding hydrogens is 396 g/mol. The maximum absolute atomic E-state index is 12.8. The lowest BCUT2D eigenvalue weighted by Crippen LogP contribution is -2.27. The van der Waals surface area contributed by atoms with Gasteiger partial charge in [0.25, 0.3) is 5.56 Å².